The minimum Gasteiger partial charge on any atom is -0.490 e. The van der Waals surface area contributed by atoms with E-state index in [0.29, 0.717) is 35.4 Å². The van der Waals surface area contributed by atoms with E-state index >= 15 is 0 Å². The van der Waals surface area contributed by atoms with Crippen molar-refractivity contribution in [1.29, 1.82) is 0 Å². The standard InChI is InChI=1S/C19H25N5O4S/c1-3-19(4-2,22-18(25)13-8-10-21-11-9-13)12-28-15-7-5-6-14-16(15)17(20)24-29(26,27)23-14/h5-11,23,26-27H,3-4,12H2,1-2H3,(H2,20,24)(H,22,25). The van der Waals surface area contributed by atoms with Crippen molar-refractivity contribution in [2.45, 2.75) is 32.2 Å². The fourth-order valence-electron chi connectivity index (χ4n) is 3.05. The lowest BCUT2D eigenvalue weighted by atomic mass is 9.93. The lowest BCUT2D eigenvalue weighted by molar-refractivity contribution is 0.0837. The molecule has 1 amide bonds. The van der Waals surface area contributed by atoms with Crippen molar-refractivity contribution >= 4 is 28.4 Å². The second-order valence-electron chi connectivity index (χ2n) is 6.74. The van der Waals surface area contributed by atoms with Crippen LogP contribution in [0.15, 0.2) is 47.1 Å². The molecule has 0 aliphatic carbocycles. The van der Waals surface area contributed by atoms with E-state index < -0.39 is 16.5 Å². The molecular formula is C19H25N5O4S. The maximum atomic E-state index is 12.6. The van der Waals surface area contributed by atoms with Crippen LogP contribution in [0, 0.1) is 0 Å². The average molecular weight is 420 g/mol. The maximum absolute atomic E-state index is 12.6. The van der Waals surface area contributed by atoms with Crippen molar-refractivity contribution in [2.24, 2.45) is 10.1 Å². The van der Waals surface area contributed by atoms with Gasteiger partial charge in [0.25, 0.3) is 5.91 Å². The molecule has 6 N–H and O–H groups in total. The van der Waals surface area contributed by atoms with Gasteiger partial charge in [-0.25, -0.2) is 0 Å². The summed E-state index contributed by atoms with van der Waals surface area (Å²) in [6.45, 7) is 4.16. The van der Waals surface area contributed by atoms with Crippen LogP contribution in [0.25, 0.3) is 0 Å². The number of benzene rings is 1. The molecule has 2 heterocycles. The van der Waals surface area contributed by atoms with E-state index in [0.717, 1.165) is 0 Å². The van der Waals surface area contributed by atoms with E-state index in [1.54, 1.807) is 42.7 Å². The lowest BCUT2D eigenvalue weighted by Crippen LogP contribution is -2.52. The zero-order chi connectivity index (χ0) is 21.1. The van der Waals surface area contributed by atoms with Gasteiger partial charge in [0.05, 0.1) is 16.8 Å². The third-order valence-electron chi connectivity index (χ3n) is 4.93. The Bertz CT molecular complexity index is 916. The summed E-state index contributed by atoms with van der Waals surface area (Å²) in [4.78, 5) is 16.6. The number of anilines is 1. The number of rotatable bonds is 7. The van der Waals surface area contributed by atoms with Crippen molar-refractivity contribution in [3.05, 3.63) is 53.9 Å². The molecule has 1 aliphatic rings. The molecule has 29 heavy (non-hydrogen) atoms. The molecule has 0 unspecified atom stereocenters. The molecule has 10 heteroatoms. The first-order valence-corrected chi connectivity index (χ1v) is 10.7. The molecule has 0 saturated carbocycles. The van der Waals surface area contributed by atoms with E-state index in [1.807, 2.05) is 13.8 Å². The van der Waals surface area contributed by atoms with Crippen LogP contribution in [0.3, 0.4) is 0 Å². The molecule has 0 atom stereocenters. The van der Waals surface area contributed by atoms with Gasteiger partial charge in [0, 0.05) is 18.0 Å². The van der Waals surface area contributed by atoms with Crippen molar-refractivity contribution in [3.8, 4) is 5.75 Å². The van der Waals surface area contributed by atoms with Crippen molar-refractivity contribution in [2.75, 3.05) is 11.3 Å². The number of nitrogens with two attached hydrogens (primary N) is 1. The first-order valence-electron chi connectivity index (χ1n) is 9.19. The Balaban J connectivity index is 1.81. The number of hydrogen-bond donors (Lipinski definition) is 5. The molecule has 1 aromatic heterocycles. The summed E-state index contributed by atoms with van der Waals surface area (Å²) in [5.41, 5.74) is 6.75. The highest BCUT2D eigenvalue weighted by Gasteiger charge is 2.31. The summed E-state index contributed by atoms with van der Waals surface area (Å²) in [7, 11) is -3.37. The molecule has 0 spiro atoms. The monoisotopic (exact) mass is 419 g/mol. The van der Waals surface area contributed by atoms with Crippen LogP contribution in [-0.2, 0) is 0 Å². The number of nitrogens with one attached hydrogen (secondary N) is 2. The predicted molar refractivity (Wildman–Crippen MR) is 114 cm³/mol. The number of ether oxygens (including phenoxy) is 1. The Morgan fingerprint density at radius 2 is 1.93 bits per heavy atom. The fourth-order valence-corrected chi connectivity index (χ4v) is 3.93. The van der Waals surface area contributed by atoms with E-state index in [9.17, 15) is 13.9 Å². The molecule has 2 aromatic rings. The molecule has 1 aliphatic heterocycles. The second-order valence-corrected chi connectivity index (χ2v) is 8.17. The van der Waals surface area contributed by atoms with Gasteiger partial charge in [-0.1, -0.05) is 19.9 Å². The third kappa shape index (κ3) is 4.61. The summed E-state index contributed by atoms with van der Waals surface area (Å²) in [5, 5.41) is 3.08. The minimum absolute atomic E-state index is 0.0197. The number of hydrogen-bond acceptors (Lipinski definition) is 8. The topological polar surface area (TPSA) is 142 Å². The Labute approximate surface area is 171 Å². The summed E-state index contributed by atoms with van der Waals surface area (Å²) in [6, 6.07) is 8.41. The SMILES string of the molecule is CCC(CC)(COc1cccc2c1C(N)=NS(O)(O)N2)NC(=O)c1ccncc1. The number of aromatic nitrogens is 1. The second kappa shape index (κ2) is 8.27. The Hall–Kier alpha value is -2.82. The molecule has 0 bridgehead atoms. The zero-order valence-electron chi connectivity index (χ0n) is 16.3. The van der Waals surface area contributed by atoms with Crippen LogP contribution in [0.1, 0.15) is 42.6 Å². The maximum Gasteiger partial charge on any atom is 0.251 e. The number of fused-ring (bicyclic) bond motifs is 1. The van der Waals surface area contributed by atoms with Gasteiger partial charge in [0.1, 0.15) is 12.4 Å². The number of nitrogens with zero attached hydrogens (tertiary/aromatic N) is 2. The normalized spacial score (nSPS) is 16.1. The Morgan fingerprint density at radius 3 is 2.59 bits per heavy atom. The fraction of sp³-hybridized carbons (Fsp3) is 0.316. The van der Waals surface area contributed by atoms with Crippen molar-refractivity contribution in [1.82, 2.24) is 10.3 Å². The number of carbonyl (C=O) groups excluding carboxylic acids is 1. The van der Waals surface area contributed by atoms with Gasteiger partial charge in [0.2, 0.25) is 0 Å². The van der Waals surface area contributed by atoms with E-state index in [4.69, 9.17) is 10.5 Å². The van der Waals surface area contributed by atoms with Gasteiger partial charge in [-0.05, 0) is 48.1 Å². The summed E-state index contributed by atoms with van der Waals surface area (Å²) in [5.74, 6) is 0.218. The molecular weight excluding hydrogens is 394 g/mol. The largest absolute Gasteiger partial charge is 0.490 e. The van der Waals surface area contributed by atoms with Gasteiger partial charge in [-0.2, -0.15) is 0 Å². The number of amides is 1. The highest BCUT2D eigenvalue weighted by atomic mass is 32.3. The van der Waals surface area contributed by atoms with E-state index in [2.05, 4.69) is 19.4 Å². The Kier molecular flexibility index (Phi) is 5.96. The minimum atomic E-state index is -3.37. The molecule has 156 valence electrons. The molecule has 1 aromatic carbocycles. The first-order chi connectivity index (χ1) is 13.8. The van der Waals surface area contributed by atoms with E-state index in [1.165, 1.54) is 0 Å². The summed E-state index contributed by atoms with van der Waals surface area (Å²) in [6.07, 6.45) is 4.44. The molecule has 0 fully saturated rings. The van der Waals surface area contributed by atoms with Crippen LogP contribution in [0.2, 0.25) is 0 Å². The van der Waals surface area contributed by atoms with Crippen LogP contribution < -0.4 is 20.5 Å². The zero-order valence-corrected chi connectivity index (χ0v) is 17.1. The van der Waals surface area contributed by atoms with Crippen LogP contribution >= 0.6 is 11.0 Å². The van der Waals surface area contributed by atoms with Gasteiger partial charge >= 0.3 is 0 Å². The van der Waals surface area contributed by atoms with Crippen molar-refractivity contribution < 1.29 is 18.6 Å². The summed E-state index contributed by atoms with van der Waals surface area (Å²) < 4.78 is 31.9. The quantitative estimate of drug-likeness (QED) is 0.464. The average Bonchev–Trinajstić information content (AvgIpc) is 2.70. The summed E-state index contributed by atoms with van der Waals surface area (Å²) >= 11 is 0. The molecule has 0 radical (unpaired) electrons. The smallest absolute Gasteiger partial charge is 0.251 e. The number of carbonyl (C=O) groups is 1. The highest BCUT2D eigenvalue weighted by Crippen LogP contribution is 2.46. The van der Waals surface area contributed by atoms with E-state index in [-0.39, 0.29) is 18.3 Å². The van der Waals surface area contributed by atoms with Gasteiger partial charge < -0.3 is 15.8 Å². The van der Waals surface area contributed by atoms with Crippen LogP contribution in [-0.4, -0.2) is 38.0 Å². The van der Waals surface area contributed by atoms with Gasteiger partial charge in [-0.3, -0.25) is 23.6 Å². The van der Waals surface area contributed by atoms with Crippen LogP contribution in [0.4, 0.5) is 5.69 Å². The molecule has 0 saturated heterocycles. The number of pyridine rings is 1. The molecule has 3 rings (SSSR count). The third-order valence-corrected chi connectivity index (χ3v) is 5.88. The predicted octanol–water partition coefficient (Wildman–Crippen LogP) is 3.16. The molecule has 9 nitrogen and oxygen atoms in total. The Morgan fingerprint density at radius 1 is 1.24 bits per heavy atom. The highest BCUT2D eigenvalue weighted by molar-refractivity contribution is 8.24. The lowest BCUT2D eigenvalue weighted by Gasteiger charge is -2.35. The van der Waals surface area contributed by atoms with Crippen molar-refractivity contribution in [3.63, 3.8) is 0 Å². The van der Waals surface area contributed by atoms with Gasteiger partial charge in [0.15, 0.2) is 5.84 Å². The number of amidine groups is 1. The van der Waals surface area contributed by atoms with Crippen LogP contribution in [0.5, 0.6) is 5.75 Å². The van der Waals surface area contributed by atoms with Gasteiger partial charge in [-0.15, -0.1) is 4.40 Å². The first kappa shape index (κ1) is 20.9.